The summed E-state index contributed by atoms with van der Waals surface area (Å²) in [6, 6.07) is 7.01. The van der Waals surface area contributed by atoms with Crippen LogP contribution in [-0.4, -0.2) is 28.0 Å². The van der Waals surface area contributed by atoms with E-state index < -0.39 is 5.97 Å². The number of aromatic nitrogens is 2. The number of benzene rings is 1. The fraction of sp³-hybridized carbons (Fsp3) is 0.300. The van der Waals surface area contributed by atoms with Crippen molar-refractivity contribution in [2.75, 3.05) is 12.4 Å². The predicted octanol–water partition coefficient (Wildman–Crippen LogP) is 4.90. The average molecular weight is 385 g/mol. The summed E-state index contributed by atoms with van der Waals surface area (Å²) >= 11 is 1.62. The van der Waals surface area contributed by atoms with E-state index in [4.69, 9.17) is 9.84 Å². The molecule has 2 N–H and O–H groups in total. The first-order valence-corrected chi connectivity index (χ1v) is 9.45. The van der Waals surface area contributed by atoms with Gasteiger partial charge in [-0.15, -0.1) is 0 Å². The van der Waals surface area contributed by atoms with E-state index in [0.29, 0.717) is 11.4 Å². The zero-order valence-corrected chi connectivity index (χ0v) is 16.8. The van der Waals surface area contributed by atoms with Crippen LogP contribution in [0.15, 0.2) is 35.0 Å². The summed E-state index contributed by atoms with van der Waals surface area (Å²) in [6.07, 6.45) is 0. The lowest BCUT2D eigenvalue weighted by Crippen LogP contribution is -2.13. The Balaban J connectivity index is 2.17. The van der Waals surface area contributed by atoms with Gasteiger partial charge in [-0.2, -0.15) is 16.4 Å². The van der Waals surface area contributed by atoms with Crippen LogP contribution in [0.2, 0.25) is 0 Å². The monoisotopic (exact) mass is 385 g/mol. The highest BCUT2D eigenvalue weighted by Crippen LogP contribution is 2.40. The van der Waals surface area contributed by atoms with Gasteiger partial charge in [-0.3, -0.25) is 4.68 Å². The van der Waals surface area contributed by atoms with Gasteiger partial charge >= 0.3 is 5.97 Å². The Hall–Kier alpha value is -2.80. The van der Waals surface area contributed by atoms with Crippen LogP contribution < -0.4 is 10.1 Å². The third kappa shape index (κ3) is 3.68. The fourth-order valence-corrected chi connectivity index (χ4v) is 3.58. The quantitative estimate of drug-likeness (QED) is 0.653. The van der Waals surface area contributed by atoms with E-state index in [2.05, 4.69) is 31.5 Å². The third-order valence-electron chi connectivity index (χ3n) is 4.28. The van der Waals surface area contributed by atoms with Crippen LogP contribution in [0.25, 0.3) is 11.1 Å². The predicted molar refractivity (Wildman–Crippen MR) is 108 cm³/mol. The minimum Gasteiger partial charge on any atom is -0.497 e. The van der Waals surface area contributed by atoms with E-state index in [1.54, 1.807) is 28.2 Å². The van der Waals surface area contributed by atoms with E-state index in [9.17, 15) is 9.90 Å². The molecule has 0 unspecified atom stereocenters. The summed E-state index contributed by atoms with van der Waals surface area (Å²) in [5, 5.41) is 21.7. The highest BCUT2D eigenvalue weighted by molar-refractivity contribution is 7.08. The maximum atomic E-state index is 11.7. The van der Waals surface area contributed by atoms with Crippen molar-refractivity contribution in [3.05, 3.63) is 46.3 Å². The molecule has 6 nitrogen and oxygen atoms in total. The summed E-state index contributed by atoms with van der Waals surface area (Å²) in [5.41, 5.74) is 3.47. The lowest BCUT2D eigenvalue weighted by atomic mass is 9.87. The van der Waals surface area contributed by atoms with Crippen LogP contribution >= 0.6 is 11.3 Å². The number of anilines is 2. The maximum absolute atomic E-state index is 11.7. The molecule has 142 valence electrons. The Morgan fingerprint density at radius 1 is 1.30 bits per heavy atom. The van der Waals surface area contributed by atoms with Crippen molar-refractivity contribution in [1.82, 2.24) is 9.78 Å². The Bertz CT molecular complexity index is 969. The van der Waals surface area contributed by atoms with Crippen molar-refractivity contribution in [2.45, 2.75) is 26.2 Å². The number of rotatable bonds is 5. The van der Waals surface area contributed by atoms with E-state index in [-0.39, 0.29) is 11.0 Å². The lowest BCUT2D eigenvalue weighted by Gasteiger charge is -2.18. The van der Waals surface area contributed by atoms with Gasteiger partial charge in [-0.05, 0) is 40.6 Å². The van der Waals surface area contributed by atoms with Crippen molar-refractivity contribution >= 4 is 28.8 Å². The summed E-state index contributed by atoms with van der Waals surface area (Å²) in [4.78, 5) is 11.7. The molecule has 0 spiro atoms. The van der Waals surface area contributed by atoms with E-state index in [0.717, 1.165) is 22.6 Å². The molecule has 2 heterocycles. The standard InChI is InChI=1S/C20H23N3O3S/c1-20(2,3)17-16(12-8-9-27-11-12)18(23(4)22-17)21-15-7-6-13(26-5)10-14(15)19(24)25/h6-11,21H,1-5H3,(H,24,25). The molecule has 3 aromatic rings. The second-order valence-electron chi connectivity index (χ2n) is 7.30. The van der Waals surface area contributed by atoms with Gasteiger partial charge in [0.15, 0.2) is 0 Å². The number of carboxylic acid groups (broad SMARTS) is 1. The molecule has 0 radical (unpaired) electrons. The smallest absolute Gasteiger partial charge is 0.337 e. The number of aryl methyl sites for hydroxylation is 1. The Labute approximate surface area is 162 Å². The number of carboxylic acids is 1. The molecule has 0 atom stereocenters. The molecule has 3 rings (SSSR count). The molecule has 0 amide bonds. The zero-order chi connectivity index (χ0) is 19.8. The van der Waals surface area contributed by atoms with Gasteiger partial charge in [0, 0.05) is 18.0 Å². The number of aromatic carboxylic acids is 1. The van der Waals surface area contributed by atoms with Crippen LogP contribution in [0.4, 0.5) is 11.5 Å². The molecule has 27 heavy (non-hydrogen) atoms. The minimum atomic E-state index is -1.02. The van der Waals surface area contributed by atoms with Crippen molar-refractivity contribution in [2.24, 2.45) is 7.05 Å². The van der Waals surface area contributed by atoms with Crippen molar-refractivity contribution < 1.29 is 14.6 Å². The molecule has 7 heteroatoms. The molecule has 0 aliphatic carbocycles. The second-order valence-corrected chi connectivity index (χ2v) is 8.08. The van der Waals surface area contributed by atoms with Gasteiger partial charge < -0.3 is 15.2 Å². The molecule has 2 aromatic heterocycles. The number of ether oxygens (including phenoxy) is 1. The summed E-state index contributed by atoms with van der Waals surface area (Å²) in [7, 11) is 3.37. The number of hydrogen-bond acceptors (Lipinski definition) is 5. The molecular formula is C20H23N3O3S. The van der Waals surface area contributed by atoms with Gasteiger partial charge in [0.2, 0.25) is 0 Å². The van der Waals surface area contributed by atoms with Crippen LogP contribution in [0.1, 0.15) is 36.8 Å². The normalized spacial score (nSPS) is 11.4. The average Bonchev–Trinajstić information content (AvgIpc) is 3.23. The highest BCUT2D eigenvalue weighted by Gasteiger charge is 2.28. The van der Waals surface area contributed by atoms with Gasteiger partial charge in [0.25, 0.3) is 0 Å². The minimum absolute atomic E-state index is 0.143. The Morgan fingerprint density at radius 3 is 2.59 bits per heavy atom. The number of nitrogens with one attached hydrogen (secondary N) is 1. The molecule has 0 saturated carbocycles. The first kappa shape index (κ1) is 19.0. The summed E-state index contributed by atoms with van der Waals surface area (Å²) in [5.74, 6) is 0.231. The van der Waals surface area contributed by atoms with E-state index >= 15 is 0 Å². The Morgan fingerprint density at radius 2 is 2.04 bits per heavy atom. The summed E-state index contributed by atoms with van der Waals surface area (Å²) < 4.78 is 6.93. The van der Waals surface area contributed by atoms with Crippen LogP contribution in [0.5, 0.6) is 5.75 Å². The molecular weight excluding hydrogens is 362 g/mol. The second kappa shape index (κ2) is 7.08. The largest absolute Gasteiger partial charge is 0.497 e. The summed E-state index contributed by atoms with van der Waals surface area (Å²) in [6.45, 7) is 6.35. The number of nitrogens with zero attached hydrogens (tertiary/aromatic N) is 2. The molecule has 0 aliphatic rings. The Kier molecular flexibility index (Phi) is 4.97. The van der Waals surface area contributed by atoms with Crippen LogP contribution in [0, 0.1) is 0 Å². The highest BCUT2D eigenvalue weighted by atomic mass is 32.1. The first-order valence-electron chi connectivity index (χ1n) is 8.50. The van der Waals surface area contributed by atoms with E-state index in [1.807, 2.05) is 18.5 Å². The van der Waals surface area contributed by atoms with Crippen LogP contribution in [0.3, 0.4) is 0 Å². The maximum Gasteiger partial charge on any atom is 0.337 e. The molecule has 0 aliphatic heterocycles. The fourth-order valence-electron chi connectivity index (χ4n) is 2.94. The van der Waals surface area contributed by atoms with Gasteiger partial charge in [0.05, 0.1) is 24.1 Å². The van der Waals surface area contributed by atoms with Crippen LogP contribution in [-0.2, 0) is 12.5 Å². The van der Waals surface area contributed by atoms with Crippen molar-refractivity contribution in [3.8, 4) is 16.9 Å². The number of methoxy groups -OCH3 is 1. The number of carbonyl (C=O) groups is 1. The topological polar surface area (TPSA) is 76.4 Å². The van der Waals surface area contributed by atoms with E-state index in [1.165, 1.54) is 13.2 Å². The molecule has 0 saturated heterocycles. The number of thiophene rings is 1. The third-order valence-corrected chi connectivity index (χ3v) is 4.96. The zero-order valence-electron chi connectivity index (χ0n) is 16.0. The van der Waals surface area contributed by atoms with Gasteiger partial charge in [-0.1, -0.05) is 20.8 Å². The molecule has 0 bridgehead atoms. The van der Waals surface area contributed by atoms with Crippen molar-refractivity contribution in [3.63, 3.8) is 0 Å². The van der Waals surface area contributed by atoms with Gasteiger partial charge in [0.1, 0.15) is 11.6 Å². The molecule has 0 fully saturated rings. The SMILES string of the molecule is COc1ccc(Nc2c(-c3ccsc3)c(C(C)(C)C)nn2C)c(C(=O)O)c1. The van der Waals surface area contributed by atoms with Crippen molar-refractivity contribution in [1.29, 1.82) is 0 Å². The lowest BCUT2D eigenvalue weighted by molar-refractivity contribution is 0.0697. The number of hydrogen-bond donors (Lipinski definition) is 2. The molecule has 1 aromatic carbocycles. The van der Waals surface area contributed by atoms with Gasteiger partial charge in [-0.25, -0.2) is 4.79 Å². The first-order chi connectivity index (χ1) is 12.7.